The Hall–Kier alpha value is -1.89. The van der Waals surface area contributed by atoms with Crippen LogP contribution in [0.5, 0.6) is 0 Å². The van der Waals surface area contributed by atoms with E-state index in [-0.39, 0.29) is 0 Å². The number of aliphatic imine (C=N–C) groups is 1. The molecule has 0 fully saturated rings. The molecule has 0 aliphatic heterocycles. The van der Waals surface area contributed by atoms with Crippen LogP contribution < -0.4 is 0 Å². The fourth-order valence-corrected chi connectivity index (χ4v) is 4.06. The number of aryl methyl sites for hydroxylation is 2. The Labute approximate surface area is 192 Å². The van der Waals surface area contributed by atoms with Gasteiger partial charge in [0.2, 0.25) is 0 Å². The van der Waals surface area contributed by atoms with Crippen LogP contribution in [0.4, 0.5) is 5.69 Å². The molecule has 0 aliphatic carbocycles. The van der Waals surface area contributed by atoms with Crippen LogP contribution in [0.3, 0.4) is 0 Å². The molecule has 0 radical (unpaired) electrons. The number of rotatable bonds is 17. The van der Waals surface area contributed by atoms with E-state index in [1.54, 1.807) is 0 Å². The minimum atomic E-state index is 1.04. The first-order valence-electron chi connectivity index (χ1n) is 13.0. The van der Waals surface area contributed by atoms with E-state index in [1.165, 1.54) is 113 Å². The van der Waals surface area contributed by atoms with Gasteiger partial charge in [0.05, 0.1) is 5.69 Å². The number of nitrogens with zero attached hydrogens (tertiary/aromatic N) is 1. The monoisotopic (exact) mass is 419 g/mol. The van der Waals surface area contributed by atoms with E-state index in [4.69, 9.17) is 0 Å². The van der Waals surface area contributed by atoms with Crippen LogP contribution >= 0.6 is 0 Å². The lowest BCUT2D eigenvalue weighted by Gasteiger charge is -2.04. The summed E-state index contributed by atoms with van der Waals surface area (Å²) in [4.78, 5) is 4.65. The Balaban J connectivity index is 1.61. The van der Waals surface area contributed by atoms with Gasteiger partial charge in [-0.1, -0.05) is 121 Å². The molecule has 0 saturated carbocycles. The van der Waals surface area contributed by atoms with E-state index in [0.717, 1.165) is 5.69 Å². The van der Waals surface area contributed by atoms with Crippen molar-refractivity contribution in [3.05, 3.63) is 65.2 Å². The maximum atomic E-state index is 4.65. The first-order chi connectivity index (χ1) is 15.3. The molecule has 170 valence electrons. The molecular weight excluding hydrogens is 374 g/mol. The Morgan fingerprint density at radius 1 is 0.516 bits per heavy atom. The number of unbranched alkanes of at least 4 members (excludes halogenated alkanes) is 11. The fraction of sp³-hybridized carbons (Fsp3) is 0.567. The van der Waals surface area contributed by atoms with Crippen LogP contribution in [0.1, 0.15) is 114 Å². The van der Waals surface area contributed by atoms with Crippen LogP contribution in [-0.4, -0.2) is 6.21 Å². The molecule has 31 heavy (non-hydrogen) atoms. The summed E-state index contributed by atoms with van der Waals surface area (Å²) in [5, 5.41) is 0. The lowest BCUT2D eigenvalue weighted by Crippen LogP contribution is -1.88. The van der Waals surface area contributed by atoms with Crippen molar-refractivity contribution in [1.82, 2.24) is 0 Å². The second-order valence-corrected chi connectivity index (χ2v) is 9.06. The van der Waals surface area contributed by atoms with E-state index in [1.807, 2.05) is 6.21 Å². The second kappa shape index (κ2) is 16.8. The zero-order chi connectivity index (χ0) is 22.0. The smallest absolute Gasteiger partial charge is 0.0630 e. The lowest BCUT2D eigenvalue weighted by molar-refractivity contribution is 0.556. The first kappa shape index (κ1) is 25.4. The predicted octanol–water partition coefficient (Wildman–Crippen LogP) is 9.63. The Morgan fingerprint density at radius 3 is 1.48 bits per heavy atom. The summed E-state index contributed by atoms with van der Waals surface area (Å²) in [5.41, 5.74) is 5.09. The van der Waals surface area contributed by atoms with Crippen molar-refractivity contribution >= 4 is 11.9 Å². The molecule has 0 spiro atoms. The lowest BCUT2D eigenvalue weighted by atomic mass is 10.0. The van der Waals surface area contributed by atoms with Crippen LogP contribution in [0.15, 0.2) is 53.5 Å². The van der Waals surface area contributed by atoms with Crippen molar-refractivity contribution in [1.29, 1.82) is 0 Å². The van der Waals surface area contributed by atoms with Crippen molar-refractivity contribution in [2.45, 2.75) is 110 Å². The van der Waals surface area contributed by atoms with Crippen molar-refractivity contribution in [2.24, 2.45) is 4.99 Å². The molecular formula is C30H45N. The Morgan fingerprint density at radius 2 is 0.935 bits per heavy atom. The number of hydrogen-bond donors (Lipinski definition) is 0. The van der Waals surface area contributed by atoms with Gasteiger partial charge in [0.1, 0.15) is 0 Å². The minimum absolute atomic E-state index is 1.04. The molecule has 0 N–H and O–H groups in total. The summed E-state index contributed by atoms with van der Waals surface area (Å²) in [6.45, 7) is 4.54. The van der Waals surface area contributed by atoms with Gasteiger partial charge in [0.25, 0.3) is 0 Å². The number of benzene rings is 2. The van der Waals surface area contributed by atoms with Crippen molar-refractivity contribution < 1.29 is 0 Å². The predicted molar refractivity (Wildman–Crippen MR) is 139 cm³/mol. The maximum Gasteiger partial charge on any atom is 0.0630 e. The highest BCUT2D eigenvalue weighted by Crippen LogP contribution is 2.16. The average Bonchev–Trinajstić information content (AvgIpc) is 2.81. The summed E-state index contributed by atoms with van der Waals surface area (Å²) >= 11 is 0. The molecule has 0 heterocycles. The molecule has 0 unspecified atom stereocenters. The molecule has 0 atom stereocenters. The van der Waals surface area contributed by atoms with Crippen LogP contribution in [0, 0.1) is 0 Å². The largest absolute Gasteiger partial charge is 0.256 e. The molecule has 1 nitrogen and oxygen atoms in total. The van der Waals surface area contributed by atoms with Gasteiger partial charge in [-0.05, 0) is 54.5 Å². The van der Waals surface area contributed by atoms with Gasteiger partial charge in [-0.15, -0.1) is 0 Å². The van der Waals surface area contributed by atoms with Gasteiger partial charge in [0, 0.05) is 6.21 Å². The zero-order valence-electron chi connectivity index (χ0n) is 20.2. The molecule has 0 aliphatic rings. The normalized spacial score (nSPS) is 11.4. The highest BCUT2D eigenvalue weighted by molar-refractivity contribution is 5.81. The van der Waals surface area contributed by atoms with Crippen molar-refractivity contribution in [2.75, 3.05) is 0 Å². The molecule has 2 rings (SSSR count). The number of hydrogen-bond acceptors (Lipinski definition) is 1. The molecule has 0 bridgehead atoms. The maximum absolute atomic E-state index is 4.65. The van der Waals surface area contributed by atoms with Gasteiger partial charge < -0.3 is 0 Å². The quantitative estimate of drug-likeness (QED) is 0.179. The average molecular weight is 420 g/mol. The fourth-order valence-electron chi connectivity index (χ4n) is 4.06. The van der Waals surface area contributed by atoms with Crippen LogP contribution in [0.25, 0.3) is 0 Å². The highest BCUT2D eigenvalue weighted by atomic mass is 14.7. The standard InChI is InChI=1S/C30H45N/c1-3-5-7-8-9-10-11-12-13-15-17-27-18-20-29(21-19-27)26-31-30-24-22-28(23-25-30)16-14-6-4-2/h18-26H,3-17H2,1-2H3. The molecule has 0 amide bonds. The summed E-state index contributed by atoms with van der Waals surface area (Å²) in [7, 11) is 0. The van der Waals surface area contributed by atoms with E-state index in [2.05, 4.69) is 67.4 Å². The van der Waals surface area contributed by atoms with Crippen LogP contribution in [0.2, 0.25) is 0 Å². The summed E-state index contributed by atoms with van der Waals surface area (Å²) in [6, 6.07) is 17.7. The topological polar surface area (TPSA) is 12.4 Å². The minimum Gasteiger partial charge on any atom is -0.256 e. The first-order valence-corrected chi connectivity index (χ1v) is 13.0. The Kier molecular flexibility index (Phi) is 13.7. The van der Waals surface area contributed by atoms with Gasteiger partial charge in [0.15, 0.2) is 0 Å². The van der Waals surface area contributed by atoms with Gasteiger partial charge in [-0.2, -0.15) is 0 Å². The Bertz CT molecular complexity index is 696. The van der Waals surface area contributed by atoms with Crippen LogP contribution in [-0.2, 0) is 12.8 Å². The van der Waals surface area contributed by atoms with E-state index in [9.17, 15) is 0 Å². The second-order valence-electron chi connectivity index (χ2n) is 9.06. The summed E-state index contributed by atoms with van der Waals surface area (Å²) in [5.74, 6) is 0. The molecule has 2 aromatic rings. The van der Waals surface area contributed by atoms with Gasteiger partial charge in [-0.3, -0.25) is 4.99 Å². The van der Waals surface area contributed by atoms with Crippen molar-refractivity contribution in [3.8, 4) is 0 Å². The zero-order valence-corrected chi connectivity index (χ0v) is 20.2. The molecule has 0 saturated heterocycles. The SMILES string of the molecule is CCCCCCCCCCCCc1ccc(C=Nc2ccc(CCCCC)cc2)cc1. The van der Waals surface area contributed by atoms with Gasteiger partial charge in [-0.25, -0.2) is 0 Å². The van der Waals surface area contributed by atoms with E-state index >= 15 is 0 Å². The van der Waals surface area contributed by atoms with E-state index in [0.29, 0.717) is 0 Å². The van der Waals surface area contributed by atoms with E-state index < -0.39 is 0 Å². The third-order valence-corrected chi connectivity index (χ3v) is 6.17. The highest BCUT2D eigenvalue weighted by Gasteiger charge is 1.97. The molecule has 0 aromatic heterocycles. The summed E-state index contributed by atoms with van der Waals surface area (Å²) < 4.78 is 0. The third-order valence-electron chi connectivity index (χ3n) is 6.17. The van der Waals surface area contributed by atoms with Crippen molar-refractivity contribution in [3.63, 3.8) is 0 Å². The molecule has 1 heteroatoms. The summed E-state index contributed by atoms with van der Waals surface area (Å²) in [6.07, 6.45) is 22.2. The molecule has 2 aromatic carbocycles. The third kappa shape index (κ3) is 11.9. The van der Waals surface area contributed by atoms with Gasteiger partial charge >= 0.3 is 0 Å².